The summed E-state index contributed by atoms with van der Waals surface area (Å²) in [5, 5.41) is 8.13. The third kappa shape index (κ3) is 4.19. The van der Waals surface area contributed by atoms with Crippen LogP contribution in [0.25, 0.3) is 0 Å². The fourth-order valence-electron chi connectivity index (χ4n) is 3.16. The zero-order valence-corrected chi connectivity index (χ0v) is 16.0. The van der Waals surface area contributed by atoms with Gasteiger partial charge >= 0.3 is 0 Å². The number of hydrogen-bond acceptors (Lipinski definition) is 5. The van der Waals surface area contributed by atoms with Crippen molar-refractivity contribution in [3.05, 3.63) is 59.4 Å². The predicted octanol–water partition coefficient (Wildman–Crippen LogP) is 3.51. The first-order valence-corrected chi connectivity index (χ1v) is 9.22. The molecule has 0 saturated heterocycles. The molecule has 27 heavy (non-hydrogen) atoms. The molecule has 0 aliphatic carbocycles. The topological polar surface area (TPSA) is 76.2 Å². The van der Waals surface area contributed by atoms with Crippen LogP contribution in [0.5, 0.6) is 0 Å². The summed E-state index contributed by atoms with van der Waals surface area (Å²) in [7, 11) is 0. The van der Waals surface area contributed by atoms with E-state index < -0.39 is 0 Å². The van der Waals surface area contributed by atoms with Gasteiger partial charge in [-0.1, -0.05) is 26.0 Å². The Morgan fingerprint density at radius 1 is 1.33 bits per heavy atom. The molecule has 1 N–H and O–H groups in total. The van der Waals surface area contributed by atoms with E-state index in [1.165, 1.54) is 12.0 Å². The first-order valence-electron chi connectivity index (χ1n) is 9.22. The summed E-state index contributed by atoms with van der Waals surface area (Å²) in [4.78, 5) is 16.9. The minimum atomic E-state index is 0.527. The third-order valence-corrected chi connectivity index (χ3v) is 4.38. The Hall–Kier alpha value is -3.09. The summed E-state index contributed by atoms with van der Waals surface area (Å²) in [6.07, 6.45) is 4.78. The van der Waals surface area contributed by atoms with Gasteiger partial charge in [-0.25, -0.2) is 4.98 Å². The zero-order valence-electron chi connectivity index (χ0n) is 16.0. The van der Waals surface area contributed by atoms with Gasteiger partial charge in [0.05, 0.1) is 12.7 Å². The second-order valence-corrected chi connectivity index (χ2v) is 6.22. The van der Waals surface area contributed by atoms with Crippen LogP contribution < -0.4 is 5.32 Å². The molecule has 2 aromatic heterocycles. The highest BCUT2D eigenvalue weighted by Gasteiger charge is 2.25. The van der Waals surface area contributed by atoms with Gasteiger partial charge in [-0.05, 0) is 24.6 Å². The summed E-state index contributed by atoms with van der Waals surface area (Å²) >= 11 is 0. The Kier molecular flexibility index (Phi) is 5.90. The van der Waals surface area contributed by atoms with Crippen LogP contribution in [0.4, 0.5) is 11.5 Å². The van der Waals surface area contributed by atoms with Crippen LogP contribution in [0.15, 0.2) is 41.3 Å². The number of carbonyl (C=O) groups excluding carboxylic acids is 1. The molecule has 3 aromatic rings. The zero-order chi connectivity index (χ0) is 19.2. The van der Waals surface area contributed by atoms with E-state index in [4.69, 9.17) is 9.52 Å². The molecule has 0 saturated carbocycles. The van der Waals surface area contributed by atoms with Crippen molar-refractivity contribution in [2.24, 2.45) is 0 Å². The second-order valence-electron chi connectivity index (χ2n) is 6.22. The number of carbonyl (C=O) groups is 1. The molecule has 4 rings (SSSR count). The second kappa shape index (κ2) is 8.53. The number of nitrogens with zero attached hydrogens (tertiary/aromatic N) is 4. The molecule has 7 nitrogen and oxygen atoms in total. The van der Waals surface area contributed by atoms with Gasteiger partial charge in [0.1, 0.15) is 12.3 Å². The van der Waals surface area contributed by atoms with Crippen molar-refractivity contribution in [2.75, 3.05) is 11.9 Å². The summed E-state index contributed by atoms with van der Waals surface area (Å²) in [6.45, 7) is 7.84. The summed E-state index contributed by atoms with van der Waals surface area (Å²) < 4.78 is 7.30. The van der Waals surface area contributed by atoms with E-state index in [0.717, 1.165) is 41.4 Å². The number of anilines is 2. The molecule has 1 aromatic carbocycles. The lowest BCUT2D eigenvalue weighted by Gasteiger charge is -2.24. The van der Waals surface area contributed by atoms with E-state index in [9.17, 15) is 4.79 Å². The number of oxazole rings is 1. The molecule has 0 radical (unpaired) electrons. The highest BCUT2D eigenvalue weighted by atomic mass is 16.3. The summed E-state index contributed by atoms with van der Waals surface area (Å²) in [6, 6.07) is 8.14. The molecular formula is C20H25N5O2. The van der Waals surface area contributed by atoms with Gasteiger partial charge in [-0.2, -0.15) is 5.10 Å². The normalized spacial score (nSPS) is 12.8. The van der Waals surface area contributed by atoms with Gasteiger partial charge in [0.15, 0.2) is 12.2 Å². The standard InChI is InChI=1S/C18H19N5O2.C2H6/c1-13-3-2-4-14(7-13)20-18-16-10-22(12-24)6-5-17(16)23(21-18)9-15-8-19-11-25-15;1-2/h2-4,7-8,11-12H,5-6,9-10H2,1H3,(H,20,21);1-2H3. The molecule has 0 atom stereocenters. The van der Waals surface area contributed by atoms with Crippen molar-refractivity contribution in [3.8, 4) is 0 Å². The van der Waals surface area contributed by atoms with E-state index >= 15 is 0 Å². The van der Waals surface area contributed by atoms with Gasteiger partial charge in [-0.3, -0.25) is 9.48 Å². The first kappa shape index (κ1) is 18.7. The fraction of sp³-hybridized carbons (Fsp3) is 0.350. The highest BCUT2D eigenvalue weighted by molar-refractivity contribution is 5.62. The molecule has 1 aliphatic heterocycles. The van der Waals surface area contributed by atoms with Crippen LogP contribution in [-0.2, 0) is 24.3 Å². The van der Waals surface area contributed by atoms with Crippen LogP contribution in [-0.4, -0.2) is 32.6 Å². The lowest BCUT2D eigenvalue weighted by Crippen LogP contribution is -2.30. The Labute approximate surface area is 159 Å². The third-order valence-electron chi connectivity index (χ3n) is 4.38. The number of benzene rings is 1. The van der Waals surface area contributed by atoms with Crippen molar-refractivity contribution in [3.63, 3.8) is 0 Å². The SMILES string of the molecule is CC.Cc1cccc(Nc2nn(Cc3cnco3)c3c2CN(C=O)CC3)c1. The Morgan fingerprint density at radius 3 is 2.89 bits per heavy atom. The van der Waals surface area contributed by atoms with Crippen LogP contribution in [0.2, 0.25) is 0 Å². The van der Waals surface area contributed by atoms with Crippen molar-refractivity contribution in [2.45, 2.75) is 40.3 Å². The molecule has 0 fully saturated rings. The van der Waals surface area contributed by atoms with E-state index in [-0.39, 0.29) is 0 Å². The maximum atomic E-state index is 11.2. The average Bonchev–Trinajstić information content (AvgIpc) is 3.32. The molecule has 7 heteroatoms. The number of aromatic nitrogens is 3. The molecule has 1 amide bonds. The maximum absolute atomic E-state index is 11.2. The van der Waals surface area contributed by atoms with Crippen LogP contribution in [0.3, 0.4) is 0 Å². The molecule has 0 unspecified atom stereocenters. The molecule has 0 bridgehead atoms. The summed E-state index contributed by atoms with van der Waals surface area (Å²) in [5.74, 6) is 1.54. The number of amides is 1. The lowest BCUT2D eigenvalue weighted by atomic mass is 10.1. The lowest BCUT2D eigenvalue weighted by molar-refractivity contribution is -0.118. The maximum Gasteiger partial charge on any atom is 0.210 e. The largest absolute Gasteiger partial charge is 0.447 e. The van der Waals surface area contributed by atoms with Crippen molar-refractivity contribution >= 4 is 17.9 Å². The van der Waals surface area contributed by atoms with Crippen LogP contribution in [0, 0.1) is 6.92 Å². The number of nitrogens with one attached hydrogen (secondary N) is 1. The molecule has 3 heterocycles. The molecular weight excluding hydrogens is 342 g/mol. The van der Waals surface area contributed by atoms with Gasteiger partial charge < -0.3 is 14.6 Å². The van der Waals surface area contributed by atoms with Crippen molar-refractivity contribution < 1.29 is 9.21 Å². The van der Waals surface area contributed by atoms with E-state index in [2.05, 4.69) is 29.4 Å². The molecule has 142 valence electrons. The molecule has 0 spiro atoms. The smallest absolute Gasteiger partial charge is 0.210 e. The van der Waals surface area contributed by atoms with Gasteiger partial charge in [-0.15, -0.1) is 0 Å². The highest BCUT2D eigenvalue weighted by Crippen LogP contribution is 2.28. The number of rotatable bonds is 5. The minimum Gasteiger partial charge on any atom is -0.447 e. The predicted molar refractivity (Wildman–Crippen MR) is 104 cm³/mol. The Morgan fingerprint density at radius 2 is 2.19 bits per heavy atom. The van der Waals surface area contributed by atoms with E-state index in [0.29, 0.717) is 19.6 Å². The average molecular weight is 367 g/mol. The Balaban J connectivity index is 0.00000102. The van der Waals surface area contributed by atoms with Gasteiger partial charge in [0.25, 0.3) is 0 Å². The molecule has 1 aliphatic rings. The quantitative estimate of drug-likeness (QED) is 0.698. The van der Waals surface area contributed by atoms with Crippen LogP contribution in [0.1, 0.15) is 36.4 Å². The fourth-order valence-corrected chi connectivity index (χ4v) is 3.16. The van der Waals surface area contributed by atoms with Crippen molar-refractivity contribution in [1.82, 2.24) is 19.7 Å². The summed E-state index contributed by atoms with van der Waals surface area (Å²) in [5.41, 5.74) is 4.34. The van der Waals surface area contributed by atoms with Crippen molar-refractivity contribution in [1.29, 1.82) is 0 Å². The van der Waals surface area contributed by atoms with E-state index in [1.54, 1.807) is 11.1 Å². The van der Waals surface area contributed by atoms with Gasteiger partial charge in [0, 0.05) is 29.9 Å². The van der Waals surface area contributed by atoms with E-state index in [1.807, 2.05) is 30.7 Å². The monoisotopic (exact) mass is 367 g/mol. The van der Waals surface area contributed by atoms with Crippen LogP contribution >= 0.6 is 0 Å². The number of fused-ring (bicyclic) bond motifs is 1. The number of aryl methyl sites for hydroxylation is 1. The van der Waals surface area contributed by atoms with Gasteiger partial charge in [0.2, 0.25) is 6.41 Å². The first-order chi connectivity index (χ1) is 13.2. The minimum absolute atomic E-state index is 0.527. The number of hydrogen-bond donors (Lipinski definition) is 1. The Bertz CT molecular complexity index is 886.